The molecule has 1 rings (SSSR count). The van der Waals surface area contributed by atoms with Gasteiger partial charge in [-0.25, -0.2) is 0 Å². The third-order valence-corrected chi connectivity index (χ3v) is 2.36. The first-order valence-corrected chi connectivity index (χ1v) is 5.82. The highest BCUT2D eigenvalue weighted by Gasteiger charge is 2.31. The highest BCUT2D eigenvalue weighted by atomic mass is 35.5. The summed E-state index contributed by atoms with van der Waals surface area (Å²) in [5.41, 5.74) is 6.91. The van der Waals surface area contributed by atoms with E-state index in [0.29, 0.717) is 10.6 Å². The van der Waals surface area contributed by atoms with Gasteiger partial charge in [-0.1, -0.05) is 23.7 Å². The summed E-state index contributed by atoms with van der Waals surface area (Å²) in [6.45, 7) is 5.12. The van der Waals surface area contributed by atoms with Crippen molar-refractivity contribution in [3.8, 4) is 0 Å². The summed E-state index contributed by atoms with van der Waals surface area (Å²) in [6.07, 6.45) is 0. The Morgan fingerprint density at radius 1 is 1.22 bits per heavy atom. The van der Waals surface area contributed by atoms with Crippen LogP contribution in [0.15, 0.2) is 24.3 Å². The number of hydrogen-bond acceptors (Lipinski definition) is 3. The average molecular weight is 269 g/mol. The Balaban J connectivity index is 3.00. The molecule has 0 bridgehead atoms. The predicted molar refractivity (Wildman–Crippen MR) is 68.1 cm³/mol. The number of esters is 1. The number of amides is 1. The summed E-state index contributed by atoms with van der Waals surface area (Å²) >= 11 is 5.73. The quantitative estimate of drug-likeness (QED) is 0.625. The van der Waals surface area contributed by atoms with Gasteiger partial charge in [0.25, 0.3) is 5.91 Å². The Kier molecular flexibility index (Phi) is 4.35. The van der Waals surface area contributed by atoms with Crippen LogP contribution in [0.2, 0.25) is 5.02 Å². The normalized spacial score (nSPS) is 12.9. The van der Waals surface area contributed by atoms with Crippen LogP contribution in [-0.2, 0) is 14.3 Å². The monoisotopic (exact) mass is 268 g/mol. The van der Waals surface area contributed by atoms with Crippen LogP contribution in [0.4, 0.5) is 0 Å². The highest BCUT2D eigenvalue weighted by Crippen LogP contribution is 2.22. The number of halogens is 1. The smallest absolute Gasteiger partial charge is 0.323 e. The minimum Gasteiger partial charge on any atom is -0.459 e. The first-order chi connectivity index (χ1) is 8.20. The lowest BCUT2D eigenvalue weighted by molar-refractivity contribution is -0.158. The molecular formula is C13H15ClNO3. The van der Waals surface area contributed by atoms with E-state index in [9.17, 15) is 9.59 Å². The van der Waals surface area contributed by atoms with Gasteiger partial charge in [0.2, 0.25) is 0 Å². The Bertz CT molecular complexity index is 448. The number of ether oxygens (including phenoxy) is 1. The molecule has 0 spiro atoms. The molecule has 0 saturated heterocycles. The van der Waals surface area contributed by atoms with Crippen molar-refractivity contribution in [2.24, 2.45) is 0 Å². The van der Waals surface area contributed by atoms with Gasteiger partial charge in [0.1, 0.15) is 5.60 Å². The van der Waals surface area contributed by atoms with Crippen LogP contribution in [-0.4, -0.2) is 17.5 Å². The van der Waals surface area contributed by atoms with Crippen LogP contribution in [0.3, 0.4) is 0 Å². The van der Waals surface area contributed by atoms with Crippen LogP contribution < -0.4 is 5.73 Å². The van der Waals surface area contributed by atoms with Gasteiger partial charge in [0.05, 0.1) is 0 Å². The lowest BCUT2D eigenvalue weighted by Crippen LogP contribution is -2.31. The first kappa shape index (κ1) is 14.5. The standard InChI is InChI=1S/C13H15ClNO3/c1-13(2,3)18-12(17)10(11(15)16)8-4-6-9(14)7-5-8/h4-7,10,15H,1-3H3. The molecule has 0 aromatic heterocycles. The van der Waals surface area contributed by atoms with E-state index < -0.39 is 23.4 Å². The Labute approximate surface area is 111 Å². The second kappa shape index (κ2) is 5.40. The molecule has 97 valence electrons. The summed E-state index contributed by atoms with van der Waals surface area (Å²) in [6, 6.07) is 6.22. The lowest BCUT2D eigenvalue weighted by atomic mass is 9.98. The maximum atomic E-state index is 11.9. The number of benzene rings is 1. The Hall–Kier alpha value is -1.55. The van der Waals surface area contributed by atoms with Gasteiger partial charge in [-0.15, -0.1) is 0 Å². The van der Waals surface area contributed by atoms with Crippen molar-refractivity contribution in [1.29, 1.82) is 0 Å². The molecule has 1 radical (unpaired) electrons. The van der Waals surface area contributed by atoms with E-state index in [4.69, 9.17) is 22.1 Å². The molecular weight excluding hydrogens is 254 g/mol. The summed E-state index contributed by atoms with van der Waals surface area (Å²) < 4.78 is 5.13. The van der Waals surface area contributed by atoms with Gasteiger partial charge in [0.15, 0.2) is 5.92 Å². The van der Waals surface area contributed by atoms with Gasteiger partial charge < -0.3 is 4.74 Å². The van der Waals surface area contributed by atoms with Crippen LogP contribution in [0.25, 0.3) is 0 Å². The maximum absolute atomic E-state index is 11.9. The van der Waals surface area contributed by atoms with Gasteiger partial charge in [-0.05, 0) is 38.5 Å². The van der Waals surface area contributed by atoms with Crippen molar-refractivity contribution < 1.29 is 14.3 Å². The molecule has 5 heteroatoms. The molecule has 1 atom stereocenters. The Morgan fingerprint density at radius 2 is 1.72 bits per heavy atom. The minimum atomic E-state index is -1.22. The summed E-state index contributed by atoms with van der Waals surface area (Å²) in [7, 11) is 0. The molecule has 0 heterocycles. The van der Waals surface area contributed by atoms with Crippen LogP contribution in [0.1, 0.15) is 32.3 Å². The molecule has 1 aromatic rings. The average Bonchev–Trinajstić information content (AvgIpc) is 2.18. The molecule has 0 fully saturated rings. The molecule has 4 nitrogen and oxygen atoms in total. The van der Waals surface area contributed by atoms with E-state index >= 15 is 0 Å². The molecule has 1 amide bonds. The second-order valence-electron chi connectivity index (χ2n) is 4.88. The molecule has 18 heavy (non-hydrogen) atoms. The van der Waals surface area contributed by atoms with Crippen LogP contribution in [0.5, 0.6) is 0 Å². The first-order valence-electron chi connectivity index (χ1n) is 5.44. The lowest BCUT2D eigenvalue weighted by Gasteiger charge is -2.22. The molecule has 1 aromatic carbocycles. The predicted octanol–water partition coefficient (Wildman–Crippen LogP) is 2.57. The maximum Gasteiger partial charge on any atom is 0.323 e. The molecule has 0 aliphatic rings. The van der Waals surface area contributed by atoms with E-state index in [1.165, 1.54) is 0 Å². The van der Waals surface area contributed by atoms with E-state index in [1.807, 2.05) is 0 Å². The van der Waals surface area contributed by atoms with E-state index in [-0.39, 0.29) is 0 Å². The third kappa shape index (κ3) is 4.04. The zero-order chi connectivity index (χ0) is 13.9. The van der Waals surface area contributed by atoms with Crippen molar-refractivity contribution >= 4 is 23.5 Å². The van der Waals surface area contributed by atoms with Crippen molar-refractivity contribution in [3.63, 3.8) is 0 Å². The number of hydrogen-bond donors (Lipinski definition) is 0. The summed E-state index contributed by atoms with van der Waals surface area (Å²) in [5.74, 6) is -2.93. The highest BCUT2D eigenvalue weighted by molar-refractivity contribution is 6.30. The Morgan fingerprint density at radius 3 is 2.11 bits per heavy atom. The zero-order valence-electron chi connectivity index (χ0n) is 10.5. The number of nitrogens with one attached hydrogen (secondary N) is 1. The number of rotatable bonds is 3. The second-order valence-corrected chi connectivity index (χ2v) is 5.32. The van der Waals surface area contributed by atoms with Crippen molar-refractivity contribution in [2.75, 3.05) is 0 Å². The minimum absolute atomic E-state index is 0.411. The largest absolute Gasteiger partial charge is 0.459 e. The summed E-state index contributed by atoms with van der Waals surface area (Å²) in [4.78, 5) is 23.2. The fourth-order valence-electron chi connectivity index (χ4n) is 1.41. The summed E-state index contributed by atoms with van der Waals surface area (Å²) in [5, 5.41) is 0.499. The van der Waals surface area contributed by atoms with Crippen molar-refractivity contribution in [2.45, 2.75) is 32.3 Å². The van der Waals surface area contributed by atoms with Crippen molar-refractivity contribution in [3.05, 3.63) is 34.9 Å². The van der Waals surface area contributed by atoms with Gasteiger partial charge in [-0.2, -0.15) is 0 Å². The molecule has 1 unspecified atom stereocenters. The van der Waals surface area contributed by atoms with Crippen molar-refractivity contribution in [1.82, 2.24) is 5.73 Å². The van der Waals surface area contributed by atoms with E-state index in [2.05, 4.69) is 0 Å². The molecule has 0 aliphatic carbocycles. The fraction of sp³-hybridized carbons (Fsp3) is 0.385. The van der Waals surface area contributed by atoms with Gasteiger partial charge >= 0.3 is 5.97 Å². The fourth-order valence-corrected chi connectivity index (χ4v) is 1.54. The zero-order valence-corrected chi connectivity index (χ0v) is 11.2. The molecule has 0 saturated carbocycles. The third-order valence-electron chi connectivity index (χ3n) is 2.11. The number of carbonyl (C=O) groups is 2. The van der Waals surface area contributed by atoms with Crippen LogP contribution in [0, 0.1) is 0 Å². The van der Waals surface area contributed by atoms with E-state index in [1.54, 1.807) is 45.0 Å². The SMILES string of the molecule is CC(C)(C)OC(=O)C(C([NH])=O)c1ccc(Cl)cc1. The van der Waals surface area contributed by atoms with Gasteiger partial charge in [0, 0.05) is 5.02 Å². The van der Waals surface area contributed by atoms with E-state index in [0.717, 1.165) is 0 Å². The van der Waals surface area contributed by atoms with Crippen LogP contribution >= 0.6 is 11.6 Å². The number of carbonyl (C=O) groups excluding carboxylic acids is 2. The topological polar surface area (TPSA) is 67.2 Å². The molecule has 1 N–H and O–H groups in total. The molecule has 0 aliphatic heterocycles. The van der Waals surface area contributed by atoms with Gasteiger partial charge in [-0.3, -0.25) is 15.3 Å².